The summed E-state index contributed by atoms with van der Waals surface area (Å²) in [5.41, 5.74) is 3.76. The third-order valence-electron chi connectivity index (χ3n) is 4.35. The molecule has 1 amide bonds. The molecule has 0 fully saturated rings. The van der Waals surface area contributed by atoms with Crippen molar-refractivity contribution in [1.82, 2.24) is 5.43 Å². The number of aryl methyl sites for hydroxylation is 1. The lowest BCUT2D eigenvalue weighted by Gasteiger charge is -2.10. The number of ether oxygens (including phenoxy) is 1. The monoisotopic (exact) mass is 385 g/mol. The van der Waals surface area contributed by atoms with E-state index < -0.39 is 10.8 Å². The standard InChI is InChI=1S/C20H23N3O5/c1-4-13(2)15-5-7-18(8-6-15)28-12-19(24)22-21-11-16-10-17(23(26)27)9-14(3)20(16)25/h5-11,13,25H,4,12H2,1-3H3,(H,22,24)/b21-11-. The number of aromatic hydroxyl groups is 1. The van der Waals surface area contributed by atoms with Crippen molar-refractivity contribution in [2.24, 2.45) is 5.10 Å². The number of nitro groups is 1. The smallest absolute Gasteiger partial charge is 0.277 e. The van der Waals surface area contributed by atoms with Crippen molar-refractivity contribution in [2.45, 2.75) is 33.1 Å². The zero-order valence-electron chi connectivity index (χ0n) is 16.0. The average Bonchev–Trinajstić information content (AvgIpc) is 2.69. The fourth-order valence-corrected chi connectivity index (χ4v) is 2.47. The lowest BCUT2D eigenvalue weighted by molar-refractivity contribution is -0.384. The van der Waals surface area contributed by atoms with E-state index in [-0.39, 0.29) is 23.6 Å². The number of non-ortho nitro benzene ring substituents is 1. The Kier molecular flexibility index (Phi) is 7.08. The van der Waals surface area contributed by atoms with Crippen LogP contribution in [0, 0.1) is 17.0 Å². The van der Waals surface area contributed by atoms with Crippen molar-refractivity contribution < 1.29 is 19.6 Å². The highest BCUT2D eigenvalue weighted by Gasteiger charge is 2.12. The second kappa shape index (κ2) is 9.50. The van der Waals surface area contributed by atoms with Gasteiger partial charge in [-0.1, -0.05) is 26.0 Å². The van der Waals surface area contributed by atoms with E-state index in [2.05, 4.69) is 24.4 Å². The third kappa shape index (κ3) is 5.54. The number of nitrogens with one attached hydrogen (secondary N) is 1. The van der Waals surface area contributed by atoms with Crippen molar-refractivity contribution in [3.63, 3.8) is 0 Å². The molecule has 0 aromatic heterocycles. The Morgan fingerprint density at radius 2 is 2.04 bits per heavy atom. The van der Waals surface area contributed by atoms with Crippen LogP contribution in [-0.2, 0) is 4.79 Å². The Balaban J connectivity index is 1.91. The van der Waals surface area contributed by atoms with Gasteiger partial charge in [0.15, 0.2) is 6.61 Å². The zero-order valence-corrected chi connectivity index (χ0v) is 16.0. The zero-order chi connectivity index (χ0) is 20.7. The molecule has 1 unspecified atom stereocenters. The Labute approximate surface area is 163 Å². The minimum Gasteiger partial charge on any atom is -0.507 e. The molecule has 0 bridgehead atoms. The lowest BCUT2D eigenvalue weighted by Crippen LogP contribution is -2.24. The molecule has 0 aliphatic heterocycles. The quantitative estimate of drug-likeness (QED) is 0.409. The number of benzene rings is 2. The summed E-state index contributed by atoms with van der Waals surface area (Å²) in [6.45, 7) is 5.56. The normalized spacial score (nSPS) is 12.0. The Bertz CT molecular complexity index is 878. The van der Waals surface area contributed by atoms with Crippen LogP contribution >= 0.6 is 0 Å². The van der Waals surface area contributed by atoms with Crippen LogP contribution in [-0.4, -0.2) is 28.8 Å². The van der Waals surface area contributed by atoms with Crippen LogP contribution < -0.4 is 10.2 Å². The number of hydrogen-bond acceptors (Lipinski definition) is 6. The number of rotatable bonds is 8. The van der Waals surface area contributed by atoms with Gasteiger partial charge < -0.3 is 9.84 Å². The van der Waals surface area contributed by atoms with Crippen molar-refractivity contribution in [3.8, 4) is 11.5 Å². The minimum absolute atomic E-state index is 0.133. The van der Waals surface area contributed by atoms with Crippen LogP contribution in [0.4, 0.5) is 5.69 Å². The van der Waals surface area contributed by atoms with Crippen LogP contribution in [0.2, 0.25) is 0 Å². The second-order valence-corrected chi connectivity index (χ2v) is 6.42. The van der Waals surface area contributed by atoms with E-state index in [1.54, 1.807) is 6.92 Å². The summed E-state index contributed by atoms with van der Waals surface area (Å²) in [6.07, 6.45) is 2.19. The molecule has 0 aliphatic carbocycles. The van der Waals surface area contributed by atoms with Crippen LogP contribution in [0.15, 0.2) is 41.5 Å². The summed E-state index contributed by atoms with van der Waals surface area (Å²) >= 11 is 0. The second-order valence-electron chi connectivity index (χ2n) is 6.42. The van der Waals surface area contributed by atoms with E-state index >= 15 is 0 Å². The number of phenols is 1. The maximum Gasteiger partial charge on any atom is 0.277 e. The van der Waals surface area contributed by atoms with Gasteiger partial charge in [0.25, 0.3) is 11.6 Å². The van der Waals surface area contributed by atoms with Crippen molar-refractivity contribution in [2.75, 3.05) is 6.61 Å². The molecule has 2 aromatic carbocycles. The number of hydrogen-bond donors (Lipinski definition) is 2. The number of carbonyl (C=O) groups excluding carboxylic acids is 1. The summed E-state index contributed by atoms with van der Waals surface area (Å²) in [6, 6.07) is 9.98. The fourth-order valence-electron chi connectivity index (χ4n) is 2.47. The first-order valence-electron chi connectivity index (χ1n) is 8.84. The van der Waals surface area contributed by atoms with Crippen molar-refractivity contribution in [3.05, 3.63) is 63.2 Å². The number of amides is 1. The molecule has 0 heterocycles. The molecule has 2 rings (SSSR count). The average molecular weight is 385 g/mol. The van der Waals surface area contributed by atoms with Gasteiger partial charge >= 0.3 is 0 Å². The SMILES string of the molecule is CCC(C)c1ccc(OCC(=O)N/N=C\c2cc([N+](=O)[O-])cc(C)c2O)cc1. The van der Waals surface area contributed by atoms with Gasteiger partial charge in [-0.2, -0.15) is 5.10 Å². The highest BCUT2D eigenvalue weighted by atomic mass is 16.6. The molecule has 1 atom stereocenters. The Morgan fingerprint density at radius 1 is 1.36 bits per heavy atom. The largest absolute Gasteiger partial charge is 0.507 e. The molecule has 8 heteroatoms. The first-order chi connectivity index (χ1) is 13.3. The molecule has 2 aromatic rings. The Morgan fingerprint density at radius 3 is 2.64 bits per heavy atom. The van der Waals surface area contributed by atoms with Gasteiger partial charge in [0, 0.05) is 17.7 Å². The number of nitro benzene ring substituents is 1. The molecule has 8 nitrogen and oxygen atoms in total. The summed E-state index contributed by atoms with van der Waals surface area (Å²) in [5.74, 6) is 0.392. The number of carbonyl (C=O) groups is 1. The van der Waals surface area contributed by atoms with E-state index in [1.807, 2.05) is 24.3 Å². The van der Waals surface area contributed by atoms with Gasteiger partial charge in [-0.3, -0.25) is 14.9 Å². The van der Waals surface area contributed by atoms with E-state index in [0.717, 1.165) is 12.6 Å². The molecular formula is C20H23N3O5. The lowest BCUT2D eigenvalue weighted by atomic mass is 9.99. The molecular weight excluding hydrogens is 362 g/mol. The highest BCUT2D eigenvalue weighted by molar-refractivity contribution is 5.87. The van der Waals surface area contributed by atoms with Crippen molar-refractivity contribution >= 4 is 17.8 Å². The third-order valence-corrected chi connectivity index (χ3v) is 4.35. The predicted molar refractivity (Wildman–Crippen MR) is 106 cm³/mol. The van der Waals surface area contributed by atoms with Gasteiger partial charge in [-0.05, 0) is 42.5 Å². The van der Waals surface area contributed by atoms with Crippen LogP contribution in [0.5, 0.6) is 11.5 Å². The van der Waals surface area contributed by atoms with Crippen molar-refractivity contribution in [1.29, 1.82) is 0 Å². The van der Waals surface area contributed by atoms with Crippen LogP contribution in [0.1, 0.15) is 42.9 Å². The van der Waals surface area contributed by atoms with E-state index in [9.17, 15) is 20.0 Å². The fraction of sp³-hybridized carbons (Fsp3) is 0.300. The number of nitrogens with zero attached hydrogens (tertiary/aromatic N) is 2. The molecule has 0 saturated carbocycles. The first kappa shape index (κ1) is 20.9. The maximum atomic E-state index is 11.8. The molecule has 0 aliphatic rings. The molecule has 0 radical (unpaired) electrons. The predicted octanol–water partition coefficient (Wildman–Crippen LogP) is 3.65. The van der Waals surface area contributed by atoms with Crippen LogP contribution in [0.25, 0.3) is 0 Å². The molecule has 148 valence electrons. The topological polar surface area (TPSA) is 114 Å². The molecule has 28 heavy (non-hydrogen) atoms. The van der Waals surface area contributed by atoms with Crippen LogP contribution in [0.3, 0.4) is 0 Å². The van der Waals surface area contributed by atoms with Gasteiger partial charge in [-0.25, -0.2) is 5.43 Å². The van der Waals surface area contributed by atoms with E-state index in [0.29, 0.717) is 17.2 Å². The van der Waals surface area contributed by atoms with Gasteiger partial charge in [-0.15, -0.1) is 0 Å². The number of phenolic OH excluding ortho intramolecular Hbond substituents is 1. The Hall–Kier alpha value is -3.42. The molecule has 2 N–H and O–H groups in total. The summed E-state index contributed by atoms with van der Waals surface area (Å²) in [4.78, 5) is 22.2. The minimum atomic E-state index is -0.567. The van der Waals surface area contributed by atoms with Gasteiger partial charge in [0.1, 0.15) is 11.5 Å². The van der Waals surface area contributed by atoms with Gasteiger partial charge in [0.05, 0.1) is 11.1 Å². The highest BCUT2D eigenvalue weighted by Crippen LogP contribution is 2.26. The summed E-state index contributed by atoms with van der Waals surface area (Å²) < 4.78 is 5.41. The molecule has 0 spiro atoms. The summed E-state index contributed by atoms with van der Waals surface area (Å²) in [5, 5.41) is 24.6. The summed E-state index contributed by atoms with van der Waals surface area (Å²) in [7, 11) is 0. The van der Waals surface area contributed by atoms with Gasteiger partial charge in [0.2, 0.25) is 0 Å². The number of hydrazone groups is 1. The van der Waals surface area contributed by atoms with E-state index in [1.165, 1.54) is 17.7 Å². The molecule has 0 saturated heterocycles. The van der Waals surface area contributed by atoms with E-state index in [4.69, 9.17) is 4.74 Å². The first-order valence-corrected chi connectivity index (χ1v) is 8.84. The maximum absolute atomic E-state index is 11.8.